The molecule has 0 bridgehead atoms. The Bertz CT molecular complexity index is 1230. The number of nitrogens with zero attached hydrogens (tertiary/aromatic N) is 4. The molecule has 2 aliphatic heterocycles. The molecule has 0 aliphatic carbocycles. The van der Waals surface area contributed by atoms with E-state index in [-0.39, 0.29) is 0 Å². The maximum Gasteiger partial charge on any atom is 0.243 e. The number of sulfonamides is 1. The van der Waals surface area contributed by atoms with Crippen LogP contribution in [0.4, 0.5) is 5.82 Å². The smallest absolute Gasteiger partial charge is 0.243 e. The summed E-state index contributed by atoms with van der Waals surface area (Å²) in [5.74, 6) is 3.28. The number of hydrogen-bond donors (Lipinski definition) is 0. The van der Waals surface area contributed by atoms with Gasteiger partial charge in [0.15, 0.2) is 0 Å². The van der Waals surface area contributed by atoms with Gasteiger partial charge < -0.3 is 14.4 Å². The molecule has 5 rings (SSSR count). The second-order valence-electron chi connectivity index (χ2n) is 7.79. The van der Waals surface area contributed by atoms with Crippen LogP contribution in [-0.2, 0) is 16.4 Å². The molecule has 1 saturated heterocycles. The van der Waals surface area contributed by atoms with Gasteiger partial charge in [-0.15, -0.1) is 0 Å². The lowest BCUT2D eigenvalue weighted by atomic mass is 10.2. The van der Waals surface area contributed by atoms with Gasteiger partial charge in [-0.2, -0.15) is 9.29 Å². The Morgan fingerprint density at radius 3 is 2.53 bits per heavy atom. The third-order valence-corrected chi connectivity index (χ3v) is 7.52. The van der Waals surface area contributed by atoms with E-state index in [4.69, 9.17) is 9.47 Å². The van der Waals surface area contributed by atoms with Gasteiger partial charge in [-0.25, -0.2) is 13.4 Å². The molecule has 0 unspecified atom stereocenters. The fraction of sp³-hybridized carbons (Fsp3) is 0.304. The van der Waals surface area contributed by atoms with Crippen LogP contribution in [0.5, 0.6) is 17.4 Å². The van der Waals surface area contributed by atoms with E-state index in [1.807, 2.05) is 37.3 Å². The minimum atomic E-state index is -3.55. The summed E-state index contributed by atoms with van der Waals surface area (Å²) in [5.41, 5.74) is 0.951. The minimum Gasteiger partial charge on any atom is -0.493 e. The summed E-state index contributed by atoms with van der Waals surface area (Å²) in [6, 6.07) is 16.4. The summed E-state index contributed by atoms with van der Waals surface area (Å²) < 4.78 is 39.2. The van der Waals surface area contributed by atoms with Crippen molar-refractivity contribution in [3.63, 3.8) is 0 Å². The van der Waals surface area contributed by atoms with Gasteiger partial charge in [0.25, 0.3) is 0 Å². The Morgan fingerprint density at radius 1 is 0.969 bits per heavy atom. The zero-order valence-corrected chi connectivity index (χ0v) is 18.6. The molecule has 0 spiro atoms. The lowest BCUT2D eigenvalue weighted by Crippen LogP contribution is -2.49. The van der Waals surface area contributed by atoms with Crippen LogP contribution in [-0.4, -0.2) is 55.5 Å². The van der Waals surface area contributed by atoms with Crippen LogP contribution in [0.15, 0.2) is 59.5 Å². The molecule has 0 saturated carbocycles. The third kappa shape index (κ3) is 4.13. The molecule has 3 heterocycles. The molecule has 9 heteroatoms. The second kappa shape index (κ2) is 8.40. The SMILES string of the molecule is Cc1nc(Oc2ccccc2)cc(N2CCN(S(=O)(=O)c3ccc4c(c3)CCO4)CC2)n1. The Labute approximate surface area is 187 Å². The monoisotopic (exact) mass is 452 g/mol. The highest BCUT2D eigenvalue weighted by molar-refractivity contribution is 7.89. The highest BCUT2D eigenvalue weighted by Gasteiger charge is 2.30. The number of benzene rings is 2. The third-order valence-electron chi connectivity index (χ3n) is 5.63. The van der Waals surface area contributed by atoms with Crippen LogP contribution >= 0.6 is 0 Å². The number of fused-ring (bicyclic) bond motifs is 1. The van der Waals surface area contributed by atoms with E-state index >= 15 is 0 Å². The first-order valence-electron chi connectivity index (χ1n) is 10.6. The molecule has 8 nitrogen and oxygen atoms in total. The van der Waals surface area contributed by atoms with Gasteiger partial charge in [-0.1, -0.05) is 18.2 Å². The quantitative estimate of drug-likeness (QED) is 0.588. The highest BCUT2D eigenvalue weighted by atomic mass is 32.2. The minimum absolute atomic E-state index is 0.326. The number of aryl methyl sites for hydroxylation is 1. The van der Waals surface area contributed by atoms with E-state index in [0.29, 0.717) is 55.1 Å². The summed E-state index contributed by atoms with van der Waals surface area (Å²) in [5, 5.41) is 0. The molecular formula is C23H24N4O4S. The van der Waals surface area contributed by atoms with E-state index in [1.165, 1.54) is 4.31 Å². The Balaban J connectivity index is 1.29. The summed E-state index contributed by atoms with van der Waals surface area (Å²) in [4.78, 5) is 11.3. The maximum absolute atomic E-state index is 13.2. The first kappa shape index (κ1) is 20.7. The molecule has 2 aromatic carbocycles. The molecule has 1 aromatic heterocycles. The van der Waals surface area contributed by atoms with Crippen molar-refractivity contribution in [3.05, 3.63) is 66.0 Å². The number of para-hydroxylation sites is 1. The van der Waals surface area contributed by atoms with Crippen LogP contribution in [0, 0.1) is 6.92 Å². The zero-order chi connectivity index (χ0) is 22.1. The van der Waals surface area contributed by atoms with E-state index < -0.39 is 10.0 Å². The number of ether oxygens (including phenoxy) is 2. The molecule has 166 valence electrons. The van der Waals surface area contributed by atoms with Crippen LogP contribution in [0.3, 0.4) is 0 Å². The number of piperazine rings is 1. The number of anilines is 1. The average molecular weight is 453 g/mol. The molecule has 1 fully saturated rings. The van der Waals surface area contributed by atoms with E-state index in [9.17, 15) is 8.42 Å². The normalized spacial score (nSPS) is 16.5. The van der Waals surface area contributed by atoms with Crippen LogP contribution in [0.2, 0.25) is 0 Å². The summed E-state index contributed by atoms with van der Waals surface area (Å²) in [6.45, 7) is 4.26. The summed E-state index contributed by atoms with van der Waals surface area (Å²) in [7, 11) is -3.55. The summed E-state index contributed by atoms with van der Waals surface area (Å²) >= 11 is 0. The van der Waals surface area contributed by atoms with Crippen molar-refractivity contribution in [1.29, 1.82) is 0 Å². The maximum atomic E-state index is 13.2. The molecule has 3 aromatic rings. The first-order valence-corrected chi connectivity index (χ1v) is 12.0. The molecular weight excluding hydrogens is 428 g/mol. The van der Waals surface area contributed by atoms with Crippen molar-refractivity contribution in [3.8, 4) is 17.4 Å². The van der Waals surface area contributed by atoms with Crippen LogP contribution in [0.1, 0.15) is 11.4 Å². The van der Waals surface area contributed by atoms with Gasteiger partial charge in [0.05, 0.1) is 11.5 Å². The Morgan fingerprint density at radius 2 is 1.75 bits per heavy atom. The molecule has 0 atom stereocenters. The van der Waals surface area contributed by atoms with Crippen molar-refractivity contribution < 1.29 is 17.9 Å². The topological polar surface area (TPSA) is 84.9 Å². The van der Waals surface area contributed by atoms with E-state index in [2.05, 4.69) is 14.9 Å². The highest BCUT2D eigenvalue weighted by Crippen LogP contribution is 2.30. The van der Waals surface area contributed by atoms with Crippen molar-refractivity contribution in [1.82, 2.24) is 14.3 Å². The zero-order valence-electron chi connectivity index (χ0n) is 17.8. The van der Waals surface area contributed by atoms with Gasteiger partial charge in [-0.3, -0.25) is 0 Å². The first-order chi connectivity index (χ1) is 15.5. The Hall–Kier alpha value is -3.17. The fourth-order valence-corrected chi connectivity index (χ4v) is 5.45. The van der Waals surface area contributed by atoms with Crippen molar-refractivity contribution in [2.45, 2.75) is 18.2 Å². The lowest BCUT2D eigenvalue weighted by molar-refractivity contribution is 0.356. The fourth-order valence-electron chi connectivity index (χ4n) is 3.98. The molecule has 32 heavy (non-hydrogen) atoms. The number of aromatic nitrogens is 2. The largest absolute Gasteiger partial charge is 0.493 e. The van der Waals surface area contributed by atoms with Gasteiger partial charge in [-0.05, 0) is 42.8 Å². The van der Waals surface area contributed by atoms with Gasteiger partial charge >= 0.3 is 0 Å². The molecule has 2 aliphatic rings. The van der Waals surface area contributed by atoms with Gasteiger partial charge in [0.1, 0.15) is 23.1 Å². The van der Waals surface area contributed by atoms with Crippen LogP contribution in [0.25, 0.3) is 0 Å². The van der Waals surface area contributed by atoms with Gasteiger partial charge in [0, 0.05) is 38.7 Å². The number of rotatable bonds is 5. The molecule has 0 N–H and O–H groups in total. The summed E-state index contributed by atoms with van der Waals surface area (Å²) in [6.07, 6.45) is 0.743. The van der Waals surface area contributed by atoms with Crippen molar-refractivity contribution in [2.24, 2.45) is 0 Å². The average Bonchev–Trinajstić information content (AvgIpc) is 3.27. The van der Waals surface area contributed by atoms with Crippen LogP contribution < -0.4 is 14.4 Å². The van der Waals surface area contributed by atoms with Gasteiger partial charge in [0.2, 0.25) is 15.9 Å². The Kier molecular flexibility index (Phi) is 5.44. The van der Waals surface area contributed by atoms with Crippen molar-refractivity contribution >= 4 is 15.8 Å². The predicted octanol–water partition coefficient (Wildman–Crippen LogP) is 3.02. The lowest BCUT2D eigenvalue weighted by Gasteiger charge is -2.34. The predicted molar refractivity (Wildman–Crippen MR) is 120 cm³/mol. The molecule has 0 amide bonds. The standard InChI is InChI=1S/C23H24N4O4S/c1-17-24-22(16-23(25-17)31-19-5-3-2-4-6-19)26-10-12-27(13-11-26)32(28,29)20-7-8-21-18(15-20)9-14-30-21/h2-8,15-16H,9-14H2,1H3. The molecule has 0 radical (unpaired) electrons. The number of hydrogen-bond acceptors (Lipinski definition) is 7. The second-order valence-corrected chi connectivity index (χ2v) is 9.72. The van der Waals surface area contributed by atoms with E-state index in [0.717, 1.165) is 23.6 Å². The van der Waals surface area contributed by atoms with E-state index in [1.54, 1.807) is 24.3 Å². The van der Waals surface area contributed by atoms with Crippen molar-refractivity contribution in [2.75, 3.05) is 37.7 Å².